The van der Waals surface area contributed by atoms with Crippen molar-refractivity contribution >= 4 is 29.9 Å². The van der Waals surface area contributed by atoms with Crippen LogP contribution in [0, 0.1) is 0 Å². The van der Waals surface area contributed by atoms with Gasteiger partial charge in [0.15, 0.2) is 5.96 Å². The lowest BCUT2D eigenvalue weighted by Crippen LogP contribution is -2.43. The van der Waals surface area contributed by atoms with Crippen LogP contribution in [0.25, 0.3) is 0 Å². The van der Waals surface area contributed by atoms with Gasteiger partial charge in [0.1, 0.15) is 5.75 Å². The van der Waals surface area contributed by atoms with Gasteiger partial charge in [-0.1, -0.05) is 30.4 Å². The van der Waals surface area contributed by atoms with Crippen molar-refractivity contribution in [3.63, 3.8) is 0 Å². The zero-order valence-electron chi connectivity index (χ0n) is 16.2. The topological polar surface area (TPSA) is 48.9 Å². The Morgan fingerprint density at radius 2 is 2.00 bits per heavy atom. The molecule has 0 amide bonds. The number of benzene rings is 1. The molecule has 0 bridgehead atoms. The zero-order chi connectivity index (χ0) is 17.9. The highest BCUT2D eigenvalue weighted by Gasteiger charge is 2.25. The number of hydrogen-bond acceptors (Lipinski definition) is 3. The van der Waals surface area contributed by atoms with Crippen LogP contribution < -0.4 is 15.4 Å². The third-order valence-corrected chi connectivity index (χ3v) is 4.60. The van der Waals surface area contributed by atoms with Gasteiger partial charge in [-0.15, -0.1) is 24.0 Å². The van der Waals surface area contributed by atoms with Gasteiger partial charge < -0.3 is 15.4 Å². The van der Waals surface area contributed by atoms with Crippen LogP contribution in [0.15, 0.2) is 41.4 Å². The fourth-order valence-electron chi connectivity index (χ4n) is 3.29. The molecule has 146 valence electrons. The maximum absolute atomic E-state index is 5.60. The number of para-hydroxylation sites is 1. The Morgan fingerprint density at radius 3 is 2.65 bits per heavy atom. The minimum absolute atomic E-state index is 0. The maximum atomic E-state index is 5.60. The molecule has 1 unspecified atom stereocenters. The van der Waals surface area contributed by atoms with Crippen molar-refractivity contribution in [1.82, 2.24) is 15.5 Å². The molecule has 5 nitrogen and oxygen atoms in total. The Balaban J connectivity index is 0.00000338. The minimum Gasteiger partial charge on any atom is -0.496 e. The molecule has 2 rings (SSSR count). The number of likely N-dealkylation sites (tertiary alicyclic amines) is 1. The number of guanidine groups is 1. The normalized spacial score (nSPS) is 16.3. The first-order valence-corrected chi connectivity index (χ1v) is 9.22. The van der Waals surface area contributed by atoms with Gasteiger partial charge in [0.25, 0.3) is 0 Å². The number of nitrogens with zero attached hydrogens (tertiary/aromatic N) is 2. The van der Waals surface area contributed by atoms with Crippen LogP contribution in [0.3, 0.4) is 0 Å². The van der Waals surface area contributed by atoms with Crippen molar-refractivity contribution in [2.75, 3.05) is 40.3 Å². The van der Waals surface area contributed by atoms with Gasteiger partial charge in [0.2, 0.25) is 0 Å². The van der Waals surface area contributed by atoms with Gasteiger partial charge in [-0.25, -0.2) is 0 Å². The summed E-state index contributed by atoms with van der Waals surface area (Å²) in [6.07, 6.45) is 7.76. The van der Waals surface area contributed by atoms with Gasteiger partial charge in [-0.2, -0.15) is 0 Å². The van der Waals surface area contributed by atoms with Crippen LogP contribution in [0.1, 0.15) is 37.8 Å². The Morgan fingerprint density at radius 1 is 1.27 bits per heavy atom. The van der Waals surface area contributed by atoms with E-state index in [4.69, 9.17) is 4.74 Å². The third-order valence-electron chi connectivity index (χ3n) is 4.60. The van der Waals surface area contributed by atoms with E-state index in [1.807, 2.05) is 26.1 Å². The molecule has 1 aliphatic heterocycles. The van der Waals surface area contributed by atoms with Crippen molar-refractivity contribution in [2.45, 2.75) is 32.2 Å². The summed E-state index contributed by atoms with van der Waals surface area (Å²) in [5.74, 6) is 1.81. The predicted octanol–water partition coefficient (Wildman–Crippen LogP) is 3.58. The number of halogens is 1. The molecule has 2 N–H and O–H groups in total. The molecule has 0 radical (unpaired) electrons. The summed E-state index contributed by atoms with van der Waals surface area (Å²) in [7, 11) is 3.56. The van der Waals surface area contributed by atoms with Gasteiger partial charge in [0, 0.05) is 25.7 Å². The van der Waals surface area contributed by atoms with Gasteiger partial charge in [0.05, 0.1) is 13.2 Å². The van der Waals surface area contributed by atoms with Crippen LogP contribution in [-0.2, 0) is 0 Å². The summed E-state index contributed by atoms with van der Waals surface area (Å²) in [5.41, 5.74) is 1.24. The quantitative estimate of drug-likeness (QED) is 0.200. The van der Waals surface area contributed by atoms with E-state index in [9.17, 15) is 0 Å². The van der Waals surface area contributed by atoms with Gasteiger partial charge in [-0.05, 0) is 45.3 Å². The SMILES string of the molecule is C/C=C/CCNC(=NC)NCC(c1ccccc1OC)N1CCCC1.I. The summed E-state index contributed by atoms with van der Waals surface area (Å²) >= 11 is 0. The minimum atomic E-state index is 0. The van der Waals surface area contributed by atoms with E-state index in [0.29, 0.717) is 0 Å². The predicted molar refractivity (Wildman–Crippen MR) is 121 cm³/mol. The first kappa shape index (κ1) is 22.8. The summed E-state index contributed by atoms with van der Waals surface area (Å²) in [4.78, 5) is 6.88. The Bertz CT molecular complexity index is 571. The molecule has 6 heteroatoms. The second kappa shape index (κ2) is 13.0. The van der Waals surface area contributed by atoms with Crippen molar-refractivity contribution in [2.24, 2.45) is 4.99 Å². The number of hydrogen-bond donors (Lipinski definition) is 2. The molecular weight excluding hydrogens is 439 g/mol. The van der Waals surface area contributed by atoms with E-state index in [1.165, 1.54) is 18.4 Å². The number of rotatable bonds is 8. The van der Waals surface area contributed by atoms with E-state index in [0.717, 1.165) is 44.3 Å². The van der Waals surface area contributed by atoms with Gasteiger partial charge >= 0.3 is 0 Å². The van der Waals surface area contributed by atoms with Crippen LogP contribution in [-0.4, -0.2) is 51.2 Å². The Kier molecular flexibility index (Phi) is 11.4. The highest BCUT2D eigenvalue weighted by Crippen LogP contribution is 2.31. The third kappa shape index (κ3) is 6.79. The van der Waals surface area contributed by atoms with E-state index < -0.39 is 0 Å². The van der Waals surface area contributed by atoms with Crippen molar-refractivity contribution in [3.8, 4) is 5.75 Å². The monoisotopic (exact) mass is 472 g/mol. The first-order chi connectivity index (χ1) is 12.3. The average molecular weight is 472 g/mol. The molecule has 1 saturated heterocycles. The fourth-order valence-corrected chi connectivity index (χ4v) is 3.29. The van der Waals surface area contributed by atoms with E-state index in [1.54, 1.807) is 7.11 Å². The number of nitrogens with one attached hydrogen (secondary N) is 2. The molecular formula is C20H33IN4O. The second-order valence-corrected chi connectivity index (χ2v) is 6.24. The number of allylic oxidation sites excluding steroid dienone is 1. The molecule has 1 aliphatic rings. The standard InChI is InChI=1S/C20H32N4O.HI/c1-4-5-8-13-22-20(21-2)23-16-18(24-14-9-10-15-24)17-11-6-7-12-19(17)25-3;/h4-7,11-12,18H,8-10,13-16H2,1-3H3,(H2,21,22,23);1H/b5-4+;. The number of methoxy groups -OCH3 is 1. The Hall–Kier alpha value is -1.28. The first-order valence-electron chi connectivity index (χ1n) is 9.22. The summed E-state index contributed by atoms with van der Waals surface area (Å²) < 4.78 is 5.60. The number of ether oxygens (including phenoxy) is 1. The van der Waals surface area contributed by atoms with Crippen molar-refractivity contribution in [1.29, 1.82) is 0 Å². The highest BCUT2D eigenvalue weighted by molar-refractivity contribution is 14.0. The van der Waals surface area contributed by atoms with E-state index in [-0.39, 0.29) is 30.0 Å². The molecule has 1 fully saturated rings. The number of aliphatic imine (C=N–C) groups is 1. The van der Waals surface area contributed by atoms with Crippen LogP contribution >= 0.6 is 24.0 Å². The molecule has 1 aromatic rings. The fraction of sp³-hybridized carbons (Fsp3) is 0.550. The molecule has 1 atom stereocenters. The molecule has 0 aliphatic carbocycles. The average Bonchev–Trinajstić information content (AvgIpc) is 3.18. The lowest BCUT2D eigenvalue weighted by Gasteiger charge is -2.30. The summed E-state index contributed by atoms with van der Waals surface area (Å²) in [6, 6.07) is 8.62. The lowest BCUT2D eigenvalue weighted by atomic mass is 10.0. The highest BCUT2D eigenvalue weighted by atomic mass is 127. The molecule has 26 heavy (non-hydrogen) atoms. The molecule has 1 heterocycles. The van der Waals surface area contributed by atoms with E-state index in [2.05, 4.69) is 44.8 Å². The lowest BCUT2D eigenvalue weighted by molar-refractivity contribution is 0.239. The smallest absolute Gasteiger partial charge is 0.191 e. The largest absolute Gasteiger partial charge is 0.496 e. The van der Waals surface area contributed by atoms with Gasteiger partial charge in [-0.3, -0.25) is 9.89 Å². The van der Waals surface area contributed by atoms with Crippen LogP contribution in [0.5, 0.6) is 5.75 Å². The van der Waals surface area contributed by atoms with Crippen LogP contribution in [0.2, 0.25) is 0 Å². The van der Waals surface area contributed by atoms with E-state index >= 15 is 0 Å². The van der Waals surface area contributed by atoms with Crippen molar-refractivity contribution in [3.05, 3.63) is 42.0 Å². The summed E-state index contributed by atoms with van der Waals surface area (Å²) in [5, 5.41) is 6.86. The van der Waals surface area contributed by atoms with Crippen LogP contribution in [0.4, 0.5) is 0 Å². The zero-order valence-corrected chi connectivity index (χ0v) is 18.5. The molecule has 1 aromatic carbocycles. The summed E-state index contributed by atoms with van der Waals surface area (Å²) in [6.45, 7) is 6.01. The molecule has 0 aromatic heterocycles. The van der Waals surface area contributed by atoms with Crippen molar-refractivity contribution < 1.29 is 4.74 Å². The Labute approximate surface area is 175 Å². The second-order valence-electron chi connectivity index (χ2n) is 6.24. The molecule has 0 spiro atoms. The molecule has 0 saturated carbocycles. The maximum Gasteiger partial charge on any atom is 0.191 e.